The highest BCUT2D eigenvalue weighted by molar-refractivity contribution is 5.79. The lowest BCUT2D eigenvalue weighted by Crippen LogP contribution is -2.29. The summed E-state index contributed by atoms with van der Waals surface area (Å²) in [7, 11) is 0. The van der Waals surface area contributed by atoms with Gasteiger partial charge in [0, 0.05) is 11.1 Å². The van der Waals surface area contributed by atoms with Crippen LogP contribution in [-0.4, -0.2) is 16.6 Å². The SMILES string of the molecule is CC1(C)Oc2cc(C#Cc3ccccc3OC(F)F)ccc2-c2nc(-c3c(C#N)cccc3C#N)[nH]c21. The van der Waals surface area contributed by atoms with E-state index < -0.39 is 12.2 Å². The predicted octanol–water partition coefficient (Wildman–Crippen LogP) is 6.12. The number of H-pyrrole nitrogens is 1. The average molecular weight is 492 g/mol. The second kappa shape index (κ2) is 9.15. The fourth-order valence-corrected chi connectivity index (χ4v) is 4.23. The molecule has 1 aliphatic rings. The van der Waals surface area contributed by atoms with Crippen LogP contribution in [0.1, 0.15) is 41.8 Å². The van der Waals surface area contributed by atoms with E-state index in [0.717, 1.165) is 5.56 Å². The lowest BCUT2D eigenvalue weighted by Gasteiger charge is -2.31. The maximum atomic E-state index is 12.7. The number of hydrogen-bond acceptors (Lipinski definition) is 5. The summed E-state index contributed by atoms with van der Waals surface area (Å²) in [5, 5.41) is 19.2. The molecule has 0 saturated carbocycles. The zero-order valence-electron chi connectivity index (χ0n) is 19.8. The second-order valence-corrected chi connectivity index (χ2v) is 8.71. The summed E-state index contributed by atoms with van der Waals surface area (Å²) < 4.78 is 36.3. The van der Waals surface area contributed by atoms with Crippen molar-refractivity contribution in [3.63, 3.8) is 0 Å². The third-order valence-corrected chi connectivity index (χ3v) is 5.89. The molecule has 0 fully saturated rings. The van der Waals surface area contributed by atoms with E-state index in [1.54, 1.807) is 48.5 Å². The van der Waals surface area contributed by atoms with Crippen LogP contribution in [-0.2, 0) is 5.60 Å². The van der Waals surface area contributed by atoms with Crippen LogP contribution in [0.25, 0.3) is 22.6 Å². The van der Waals surface area contributed by atoms with Crippen molar-refractivity contribution in [1.29, 1.82) is 10.5 Å². The van der Waals surface area contributed by atoms with Crippen molar-refractivity contribution in [2.24, 2.45) is 0 Å². The van der Waals surface area contributed by atoms with E-state index in [9.17, 15) is 19.3 Å². The maximum absolute atomic E-state index is 12.7. The standard InChI is InChI=1S/C29H18F2N4O2/c1-29(2)26-25(34-27(35-26)24-19(15-32)7-5-8-20(24)16-33)21-13-11-17(14-23(21)37-29)10-12-18-6-3-4-9-22(18)36-28(30)31/h3-9,11,13-14,28H,1-2H3,(H,34,35). The van der Waals surface area contributed by atoms with Crippen LogP contribution in [0.5, 0.6) is 11.5 Å². The molecule has 1 aliphatic heterocycles. The van der Waals surface area contributed by atoms with E-state index in [1.807, 2.05) is 19.9 Å². The Bertz CT molecular complexity index is 1650. The van der Waals surface area contributed by atoms with Crippen LogP contribution in [0.15, 0.2) is 60.7 Å². The number of nitrogens with zero attached hydrogens (tertiary/aromatic N) is 3. The van der Waals surface area contributed by atoms with Crippen molar-refractivity contribution in [1.82, 2.24) is 9.97 Å². The summed E-state index contributed by atoms with van der Waals surface area (Å²) in [6, 6.07) is 20.9. The number of aromatic amines is 1. The molecule has 5 rings (SSSR count). The van der Waals surface area contributed by atoms with Crippen LogP contribution in [0.2, 0.25) is 0 Å². The Morgan fingerprint density at radius 3 is 2.35 bits per heavy atom. The second-order valence-electron chi connectivity index (χ2n) is 8.71. The topological polar surface area (TPSA) is 94.7 Å². The Labute approximate surface area is 211 Å². The van der Waals surface area contributed by atoms with E-state index in [-0.39, 0.29) is 5.75 Å². The molecule has 180 valence electrons. The minimum atomic E-state index is -2.94. The maximum Gasteiger partial charge on any atom is 0.387 e. The molecule has 0 amide bonds. The summed E-state index contributed by atoms with van der Waals surface area (Å²) in [5.41, 5.74) is 3.34. The number of benzene rings is 3. The molecule has 0 unspecified atom stereocenters. The van der Waals surface area contributed by atoms with Gasteiger partial charge in [-0.05, 0) is 56.3 Å². The first-order chi connectivity index (χ1) is 17.8. The number of hydrogen-bond donors (Lipinski definition) is 1. The van der Waals surface area contributed by atoms with Gasteiger partial charge in [-0.15, -0.1) is 0 Å². The molecule has 0 aliphatic carbocycles. The molecular weight excluding hydrogens is 474 g/mol. The number of para-hydroxylation sites is 1. The zero-order valence-corrected chi connectivity index (χ0v) is 19.8. The molecule has 4 aromatic rings. The molecule has 6 nitrogen and oxygen atoms in total. The van der Waals surface area contributed by atoms with Gasteiger partial charge in [-0.25, -0.2) is 4.98 Å². The van der Waals surface area contributed by atoms with E-state index in [0.29, 0.717) is 50.8 Å². The largest absolute Gasteiger partial charge is 0.481 e. The Kier molecular flexibility index (Phi) is 5.84. The molecule has 0 saturated heterocycles. The Morgan fingerprint density at radius 2 is 1.65 bits per heavy atom. The van der Waals surface area contributed by atoms with Crippen molar-refractivity contribution in [3.05, 3.63) is 88.6 Å². The number of imidazole rings is 1. The first-order valence-corrected chi connectivity index (χ1v) is 11.2. The van der Waals surface area contributed by atoms with Gasteiger partial charge in [-0.1, -0.05) is 30.0 Å². The monoisotopic (exact) mass is 492 g/mol. The van der Waals surface area contributed by atoms with Crippen LogP contribution in [0.3, 0.4) is 0 Å². The van der Waals surface area contributed by atoms with Gasteiger partial charge in [0.2, 0.25) is 0 Å². The van der Waals surface area contributed by atoms with Gasteiger partial charge < -0.3 is 14.5 Å². The Balaban J connectivity index is 1.57. The number of fused-ring (bicyclic) bond motifs is 3. The van der Waals surface area contributed by atoms with Gasteiger partial charge in [0.15, 0.2) is 0 Å². The number of halogens is 2. The predicted molar refractivity (Wildman–Crippen MR) is 132 cm³/mol. The van der Waals surface area contributed by atoms with Crippen molar-refractivity contribution >= 4 is 0 Å². The summed E-state index contributed by atoms with van der Waals surface area (Å²) in [6.45, 7) is 0.822. The number of ether oxygens (including phenoxy) is 2. The third kappa shape index (κ3) is 4.35. The molecule has 37 heavy (non-hydrogen) atoms. The summed E-state index contributed by atoms with van der Waals surface area (Å²) in [4.78, 5) is 8.05. The molecule has 2 heterocycles. The number of alkyl halides is 2. The normalized spacial score (nSPS) is 12.7. The van der Waals surface area contributed by atoms with Crippen LogP contribution in [0, 0.1) is 34.5 Å². The molecule has 0 spiro atoms. The first kappa shape index (κ1) is 23.6. The van der Waals surface area contributed by atoms with Gasteiger partial charge in [-0.2, -0.15) is 19.3 Å². The number of aromatic nitrogens is 2. The van der Waals surface area contributed by atoms with Crippen LogP contribution < -0.4 is 9.47 Å². The highest BCUT2D eigenvalue weighted by Crippen LogP contribution is 2.45. The number of nitrogens with one attached hydrogen (secondary N) is 1. The molecule has 3 aromatic carbocycles. The average Bonchev–Trinajstić information content (AvgIpc) is 3.33. The molecule has 0 radical (unpaired) electrons. The summed E-state index contributed by atoms with van der Waals surface area (Å²) in [5.74, 6) is 6.83. The van der Waals surface area contributed by atoms with Crippen LogP contribution in [0.4, 0.5) is 8.78 Å². The van der Waals surface area contributed by atoms with E-state index >= 15 is 0 Å². The lowest BCUT2D eigenvalue weighted by atomic mass is 9.94. The van der Waals surface area contributed by atoms with Gasteiger partial charge in [0.05, 0.1) is 45.8 Å². The molecule has 0 bridgehead atoms. The molecule has 1 N–H and O–H groups in total. The minimum absolute atomic E-state index is 0.00317. The van der Waals surface area contributed by atoms with E-state index in [4.69, 9.17) is 9.72 Å². The summed E-state index contributed by atoms with van der Waals surface area (Å²) >= 11 is 0. The highest BCUT2D eigenvalue weighted by atomic mass is 19.3. The third-order valence-electron chi connectivity index (χ3n) is 5.89. The van der Waals surface area contributed by atoms with Crippen molar-refractivity contribution in [3.8, 4) is 58.1 Å². The Hall–Kier alpha value is -5.13. The van der Waals surface area contributed by atoms with Crippen LogP contribution >= 0.6 is 0 Å². The highest BCUT2D eigenvalue weighted by Gasteiger charge is 2.36. The molecular formula is C29H18F2N4O2. The number of nitriles is 2. The molecule has 0 atom stereocenters. The van der Waals surface area contributed by atoms with Gasteiger partial charge in [0.25, 0.3) is 0 Å². The number of rotatable bonds is 3. The summed E-state index contributed by atoms with van der Waals surface area (Å²) in [6.07, 6.45) is 0. The van der Waals surface area contributed by atoms with Gasteiger partial charge >= 0.3 is 6.61 Å². The van der Waals surface area contributed by atoms with Crippen molar-refractivity contribution < 1.29 is 18.3 Å². The van der Waals surface area contributed by atoms with Crippen molar-refractivity contribution in [2.45, 2.75) is 26.1 Å². The minimum Gasteiger partial charge on any atom is -0.481 e. The van der Waals surface area contributed by atoms with Gasteiger partial charge in [0.1, 0.15) is 22.9 Å². The quantitative estimate of drug-likeness (QED) is 0.348. The first-order valence-electron chi connectivity index (χ1n) is 11.2. The fourth-order valence-electron chi connectivity index (χ4n) is 4.23. The zero-order chi connectivity index (χ0) is 26.2. The van der Waals surface area contributed by atoms with E-state index in [2.05, 4.69) is 33.7 Å². The molecule has 8 heteroatoms. The smallest absolute Gasteiger partial charge is 0.387 e. The van der Waals surface area contributed by atoms with E-state index in [1.165, 1.54) is 6.07 Å². The molecule has 1 aromatic heterocycles. The van der Waals surface area contributed by atoms with Crippen molar-refractivity contribution in [2.75, 3.05) is 0 Å². The fraction of sp³-hybridized carbons (Fsp3) is 0.138. The lowest BCUT2D eigenvalue weighted by molar-refractivity contribution is -0.0500. The van der Waals surface area contributed by atoms with Gasteiger partial charge in [-0.3, -0.25) is 0 Å². The Morgan fingerprint density at radius 1 is 0.946 bits per heavy atom.